The standard InChI is InChI=1S/C9H14N2O/c1-7-4-6-11(8(2)12)9(7)3-5-10/h7,9H,3-4,6H2,1-2H3. The molecule has 0 radical (unpaired) electrons. The Morgan fingerprint density at radius 3 is 2.92 bits per heavy atom. The molecule has 0 aromatic rings. The van der Waals surface area contributed by atoms with Crippen molar-refractivity contribution in [2.24, 2.45) is 5.92 Å². The van der Waals surface area contributed by atoms with E-state index in [9.17, 15) is 4.79 Å². The lowest BCUT2D eigenvalue weighted by Crippen LogP contribution is -2.35. The first-order valence-corrected chi connectivity index (χ1v) is 4.31. The van der Waals surface area contributed by atoms with Gasteiger partial charge in [-0.2, -0.15) is 5.26 Å². The van der Waals surface area contributed by atoms with Gasteiger partial charge in [-0.15, -0.1) is 0 Å². The molecule has 0 aromatic heterocycles. The molecule has 0 aliphatic carbocycles. The summed E-state index contributed by atoms with van der Waals surface area (Å²) >= 11 is 0. The molecular formula is C9H14N2O. The maximum absolute atomic E-state index is 11.1. The van der Waals surface area contributed by atoms with Gasteiger partial charge >= 0.3 is 0 Å². The van der Waals surface area contributed by atoms with E-state index in [1.807, 2.05) is 4.90 Å². The summed E-state index contributed by atoms with van der Waals surface area (Å²) in [5.41, 5.74) is 0. The molecule has 1 rings (SSSR count). The topological polar surface area (TPSA) is 44.1 Å². The minimum atomic E-state index is 0.0969. The Kier molecular flexibility index (Phi) is 2.69. The molecule has 2 atom stereocenters. The molecule has 2 unspecified atom stereocenters. The predicted octanol–water partition coefficient (Wildman–Crippen LogP) is 1.16. The number of hydrogen-bond donors (Lipinski definition) is 0. The SMILES string of the molecule is CC(=O)N1CCC(C)C1CC#N. The molecule has 3 nitrogen and oxygen atoms in total. The highest BCUT2D eigenvalue weighted by atomic mass is 16.2. The van der Waals surface area contributed by atoms with E-state index in [4.69, 9.17) is 5.26 Å². The largest absolute Gasteiger partial charge is 0.339 e. The van der Waals surface area contributed by atoms with Crippen LogP contribution in [0.25, 0.3) is 0 Å². The summed E-state index contributed by atoms with van der Waals surface area (Å²) in [5.74, 6) is 0.577. The van der Waals surface area contributed by atoms with E-state index in [1.165, 1.54) is 0 Å². The van der Waals surface area contributed by atoms with Gasteiger partial charge < -0.3 is 4.90 Å². The molecule has 0 N–H and O–H groups in total. The van der Waals surface area contributed by atoms with Crippen molar-refractivity contribution in [2.45, 2.75) is 32.7 Å². The molecule has 1 aliphatic rings. The Bertz CT molecular complexity index is 219. The minimum absolute atomic E-state index is 0.0969. The number of amides is 1. The minimum Gasteiger partial charge on any atom is -0.339 e. The molecule has 0 aromatic carbocycles. The molecule has 0 bridgehead atoms. The first kappa shape index (κ1) is 9.05. The third-order valence-electron chi connectivity index (χ3n) is 2.59. The van der Waals surface area contributed by atoms with Crippen LogP contribution in [0.1, 0.15) is 26.7 Å². The maximum Gasteiger partial charge on any atom is 0.219 e. The Morgan fingerprint density at radius 2 is 2.42 bits per heavy atom. The molecule has 1 saturated heterocycles. The third-order valence-corrected chi connectivity index (χ3v) is 2.59. The molecule has 1 fully saturated rings. The van der Waals surface area contributed by atoms with Crippen molar-refractivity contribution < 1.29 is 4.79 Å². The zero-order chi connectivity index (χ0) is 9.14. The highest BCUT2D eigenvalue weighted by molar-refractivity contribution is 5.74. The van der Waals surface area contributed by atoms with Crippen LogP contribution in [0.3, 0.4) is 0 Å². The molecule has 3 heteroatoms. The van der Waals surface area contributed by atoms with Gasteiger partial charge in [-0.05, 0) is 12.3 Å². The first-order chi connectivity index (χ1) is 5.66. The summed E-state index contributed by atoms with van der Waals surface area (Å²) < 4.78 is 0. The van der Waals surface area contributed by atoms with Crippen LogP contribution in [0.15, 0.2) is 0 Å². The average molecular weight is 166 g/mol. The molecule has 66 valence electrons. The van der Waals surface area contributed by atoms with E-state index >= 15 is 0 Å². The zero-order valence-electron chi connectivity index (χ0n) is 7.58. The predicted molar refractivity (Wildman–Crippen MR) is 45.2 cm³/mol. The lowest BCUT2D eigenvalue weighted by atomic mass is 10.0. The second-order valence-corrected chi connectivity index (χ2v) is 3.41. The van der Waals surface area contributed by atoms with E-state index in [-0.39, 0.29) is 11.9 Å². The van der Waals surface area contributed by atoms with Gasteiger partial charge in [0, 0.05) is 19.5 Å². The third kappa shape index (κ3) is 1.58. The second kappa shape index (κ2) is 3.57. The molecule has 12 heavy (non-hydrogen) atoms. The number of hydrogen-bond acceptors (Lipinski definition) is 2. The fraction of sp³-hybridized carbons (Fsp3) is 0.778. The maximum atomic E-state index is 11.1. The van der Waals surface area contributed by atoms with Gasteiger partial charge in [0.05, 0.1) is 12.5 Å². The number of carbonyl (C=O) groups is 1. The Hall–Kier alpha value is -1.04. The second-order valence-electron chi connectivity index (χ2n) is 3.41. The monoisotopic (exact) mass is 166 g/mol. The van der Waals surface area contributed by atoms with Gasteiger partial charge in [0.1, 0.15) is 0 Å². The molecular weight excluding hydrogens is 152 g/mol. The summed E-state index contributed by atoms with van der Waals surface area (Å²) in [6.45, 7) is 4.50. The number of rotatable bonds is 1. The van der Waals surface area contributed by atoms with Crippen LogP contribution in [-0.4, -0.2) is 23.4 Å². The molecule has 1 heterocycles. The zero-order valence-corrected chi connectivity index (χ0v) is 7.58. The van der Waals surface area contributed by atoms with Crippen LogP contribution in [0.5, 0.6) is 0 Å². The summed E-state index contributed by atoms with van der Waals surface area (Å²) in [5, 5.41) is 8.56. The number of likely N-dealkylation sites (tertiary alicyclic amines) is 1. The van der Waals surface area contributed by atoms with Crippen LogP contribution in [0.2, 0.25) is 0 Å². The summed E-state index contributed by atoms with van der Waals surface area (Å²) in [7, 11) is 0. The fourth-order valence-electron chi connectivity index (χ4n) is 1.80. The van der Waals surface area contributed by atoms with Crippen LogP contribution in [-0.2, 0) is 4.79 Å². The van der Waals surface area contributed by atoms with Gasteiger partial charge in [0.25, 0.3) is 0 Å². The van der Waals surface area contributed by atoms with Crippen molar-refractivity contribution in [1.29, 1.82) is 5.26 Å². The van der Waals surface area contributed by atoms with Crippen LogP contribution >= 0.6 is 0 Å². The molecule has 1 amide bonds. The van der Waals surface area contributed by atoms with Gasteiger partial charge in [-0.1, -0.05) is 6.92 Å². The molecule has 1 aliphatic heterocycles. The average Bonchev–Trinajstić information content (AvgIpc) is 2.34. The van der Waals surface area contributed by atoms with Crippen LogP contribution < -0.4 is 0 Å². The Balaban J connectivity index is 2.65. The van der Waals surface area contributed by atoms with Gasteiger partial charge in [-0.25, -0.2) is 0 Å². The van der Waals surface area contributed by atoms with Crippen molar-refractivity contribution >= 4 is 5.91 Å². The summed E-state index contributed by atoms with van der Waals surface area (Å²) in [6.07, 6.45) is 1.51. The highest BCUT2D eigenvalue weighted by Crippen LogP contribution is 2.25. The van der Waals surface area contributed by atoms with E-state index in [2.05, 4.69) is 13.0 Å². The lowest BCUT2D eigenvalue weighted by Gasteiger charge is -2.23. The van der Waals surface area contributed by atoms with Gasteiger partial charge in [0.15, 0.2) is 0 Å². The number of nitrogens with zero attached hydrogens (tertiary/aromatic N) is 2. The normalized spacial score (nSPS) is 28.6. The van der Waals surface area contributed by atoms with Crippen molar-refractivity contribution in [3.05, 3.63) is 0 Å². The molecule has 0 spiro atoms. The van der Waals surface area contributed by atoms with E-state index in [0.717, 1.165) is 13.0 Å². The van der Waals surface area contributed by atoms with Gasteiger partial charge in [-0.3, -0.25) is 4.79 Å². The van der Waals surface area contributed by atoms with E-state index in [1.54, 1.807) is 6.92 Å². The van der Waals surface area contributed by atoms with Crippen molar-refractivity contribution in [3.63, 3.8) is 0 Å². The number of nitriles is 1. The highest BCUT2D eigenvalue weighted by Gasteiger charge is 2.32. The molecule has 0 saturated carbocycles. The van der Waals surface area contributed by atoms with Crippen LogP contribution in [0, 0.1) is 17.2 Å². The van der Waals surface area contributed by atoms with E-state index in [0.29, 0.717) is 12.3 Å². The van der Waals surface area contributed by atoms with E-state index < -0.39 is 0 Å². The Morgan fingerprint density at radius 1 is 1.75 bits per heavy atom. The van der Waals surface area contributed by atoms with Crippen LogP contribution in [0.4, 0.5) is 0 Å². The first-order valence-electron chi connectivity index (χ1n) is 4.31. The number of carbonyl (C=O) groups excluding carboxylic acids is 1. The summed E-state index contributed by atoms with van der Waals surface area (Å²) in [4.78, 5) is 12.9. The fourth-order valence-corrected chi connectivity index (χ4v) is 1.80. The Labute approximate surface area is 73.0 Å². The van der Waals surface area contributed by atoms with Crippen molar-refractivity contribution in [1.82, 2.24) is 4.90 Å². The van der Waals surface area contributed by atoms with Crippen molar-refractivity contribution in [3.8, 4) is 6.07 Å². The smallest absolute Gasteiger partial charge is 0.219 e. The van der Waals surface area contributed by atoms with Gasteiger partial charge in [0.2, 0.25) is 5.91 Å². The quantitative estimate of drug-likeness (QED) is 0.586. The van der Waals surface area contributed by atoms with Crippen molar-refractivity contribution in [2.75, 3.05) is 6.54 Å². The lowest BCUT2D eigenvalue weighted by molar-refractivity contribution is -0.129. The summed E-state index contributed by atoms with van der Waals surface area (Å²) in [6, 6.07) is 2.29.